The van der Waals surface area contributed by atoms with E-state index in [1.807, 2.05) is 0 Å². The Morgan fingerprint density at radius 1 is 1.33 bits per heavy atom. The molecule has 2 aromatic rings. The first-order valence-corrected chi connectivity index (χ1v) is 4.57. The van der Waals surface area contributed by atoms with Crippen LogP contribution >= 0.6 is 0 Å². The van der Waals surface area contributed by atoms with Crippen molar-refractivity contribution in [3.05, 3.63) is 54.9 Å². The fraction of sp³-hybridized carbons (Fsp3) is 0.0833. The maximum absolute atomic E-state index is 13.2. The summed E-state index contributed by atoms with van der Waals surface area (Å²) in [6.07, 6.45) is 3.22. The predicted octanol–water partition coefficient (Wildman–Crippen LogP) is 3.54. The van der Waals surface area contributed by atoms with Crippen LogP contribution in [-0.4, -0.2) is 4.98 Å². The molecule has 0 amide bonds. The van der Waals surface area contributed by atoms with Crippen molar-refractivity contribution in [2.24, 2.45) is 0 Å². The standard InChI is InChI=1S/C12H10FNO/c1-2-11(13)9-3-5-10(6-4-9)12-14-7-8-15-12/h2-8,11H,1H2. The van der Waals surface area contributed by atoms with Gasteiger partial charge < -0.3 is 4.42 Å². The third kappa shape index (κ3) is 1.96. The molecule has 0 fully saturated rings. The maximum Gasteiger partial charge on any atom is 0.225 e. The van der Waals surface area contributed by atoms with Crippen LogP contribution in [-0.2, 0) is 0 Å². The van der Waals surface area contributed by atoms with Crippen LogP contribution in [0.1, 0.15) is 11.7 Å². The van der Waals surface area contributed by atoms with Gasteiger partial charge in [-0.1, -0.05) is 24.8 Å². The molecular weight excluding hydrogens is 193 g/mol. The van der Waals surface area contributed by atoms with E-state index in [2.05, 4.69) is 11.6 Å². The molecule has 0 spiro atoms. The molecule has 0 N–H and O–H groups in total. The summed E-state index contributed by atoms with van der Waals surface area (Å²) in [6.45, 7) is 3.40. The Hall–Kier alpha value is -1.90. The molecule has 0 saturated carbocycles. The normalized spacial score (nSPS) is 12.3. The van der Waals surface area contributed by atoms with Crippen LogP contribution in [0.4, 0.5) is 4.39 Å². The molecule has 3 heteroatoms. The summed E-state index contributed by atoms with van der Waals surface area (Å²) in [5.41, 5.74) is 1.42. The highest BCUT2D eigenvalue weighted by Crippen LogP contribution is 2.22. The number of oxazole rings is 1. The average Bonchev–Trinajstić information content (AvgIpc) is 2.82. The number of allylic oxidation sites excluding steroid dienone is 1. The van der Waals surface area contributed by atoms with E-state index in [0.717, 1.165) is 5.56 Å². The minimum Gasteiger partial charge on any atom is -0.445 e. The lowest BCUT2D eigenvalue weighted by Gasteiger charge is -2.03. The predicted molar refractivity (Wildman–Crippen MR) is 56.0 cm³/mol. The third-order valence-corrected chi connectivity index (χ3v) is 2.12. The van der Waals surface area contributed by atoms with Gasteiger partial charge in [-0.15, -0.1) is 0 Å². The summed E-state index contributed by atoms with van der Waals surface area (Å²) in [6, 6.07) is 6.95. The number of rotatable bonds is 3. The summed E-state index contributed by atoms with van der Waals surface area (Å²) in [5, 5.41) is 0. The van der Waals surface area contributed by atoms with Gasteiger partial charge in [0.25, 0.3) is 0 Å². The number of nitrogens with zero attached hydrogens (tertiary/aromatic N) is 1. The minimum atomic E-state index is -1.12. The molecule has 0 aliphatic rings. The van der Waals surface area contributed by atoms with E-state index in [1.54, 1.807) is 30.5 Å². The lowest BCUT2D eigenvalue weighted by molar-refractivity contribution is 0.415. The zero-order valence-electron chi connectivity index (χ0n) is 8.06. The van der Waals surface area contributed by atoms with Gasteiger partial charge in [0, 0.05) is 5.56 Å². The molecule has 0 aliphatic carbocycles. The molecule has 1 heterocycles. The Balaban J connectivity index is 2.28. The van der Waals surface area contributed by atoms with Crippen LogP contribution in [0.5, 0.6) is 0 Å². The molecule has 76 valence electrons. The van der Waals surface area contributed by atoms with E-state index >= 15 is 0 Å². The van der Waals surface area contributed by atoms with E-state index < -0.39 is 6.17 Å². The summed E-state index contributed by atoms with van der Waals surface area (Å²) < 4.78 is 18.3. The zero-order chi connectivity index (χ0) is 10.7. The molecule has 0 saturated heterocycles. The van der Waals surface area contributed by atoms with Crippen LogP contribution in [0.15, 0.2) is 53.8 Å². The van der Waals surface area contributed by atoms with Gasteiger partial charge in [0.15, 0.2) is 0 Å². The number of halogens is 1. The number of hydrogen-bond acceptors (Lipinski definition) is 2. The first kappa shape index (κ1) is 9.65. The van der Waals surface area contributed by atoms with Crippen molar-refractivity contribution >= 4 is 0 Å². The fourth-order valence-electron chi connectivity index (χ4n) is 1.31. The number of aromatic nitrogens is 1. The van der Waals surface area contributed by atoms with E-state index in [-0.39, 0.29) is 0 Å². The van der Waals surface area contributed by atoms with Crippen LogP contribution in [0.25, 0.3) is 11.5 Å². The van der Waals surface area contributed by atoms with Crippen molar-refractivity contribution in [3.63, 3.8) is 0 Å². The largest absolute Gasteiger partial charge is 0.445 e. The van der Waals surface area contributed by atoms with Crippen molar-refractivity contribution in [2.45, 2.75) is 6.17 Å². The summed E-state index contributed by atoms with van der Waals surface area (Å²) in [7, 11) is 0. The quantitative estimate of drug-likeness (QED) is 0.713. The molecule has 15 heavy (non-hydrogen) atoms. The Bertz CT molecular complexity index is 433. The first-order chi connectivity index (χ1) is 7.31. The summed E-state index contributed by atoms with van der Waals surface area (Å²) >= 11 is 0. The molecule has 1 aromatic heterocycles. The highest BCUT2D eigenvalue weighted by atomic mass is 19.1. The molecule has 1 atom stereocenters. The third-order valence-electron chi connectivity index (χ3n) is 2.12. The minimum absolute atomic E-state index is 0.538. The van der Waals surface area contributed by atoms with Gasteiger partial charge >= 0.3 is 0 Å². The molecule has 2 rings (SSSR count). The second-order valence-corrected chi connectivity index (χ2v) is 3.10. The van der Waals surface area contributed by atoms with E-state index in [9.17, 15) is 4.39 Å². The van der Waals surface area contributed by atoms with Gasteiger partial charge in [0.2, 0.25) is 5.89 Å². The van der Waals surface area contributed by atoms with Gasteiger partial charge in [-0.25, -0.2) is 9.37 Å². The fourth-order valence-corrected chi connectivity index (χ4v) is 1.31. The van der Waals surface area contributed by atoms with Crippen molar-refractivity contribution in [1.82, 2.24) is 4.98 Å². The van der Waals surface area contributed by atoms with Crippen LogP contribution in [0, 0.1) is 0 Å². The second-order valence-electron chi connectivity index (χ2n) is 3.10. The lowest BCUT2D eigenvalue weighted by atomic mass is 10.1. The van der Waals surface area contributed by atoms with Gasteiger partial charge in [0.1, 0.15) is 12.4 Å². The molecule has 0 aliphatic heterocycles. The van der Waals surface area contributed by atoms with Crippen molar-refractivity contribution < 1.29 is 8.81 Å². The molecular formula is C12H10FNO. The van der Waals surface area contributed by atoms with Gasteiger partial charge in [-0.05, 0) is 17.7 Å². The Morgan fingerprint density at radius 2 is 2.07 bits per heavy atom. The highest BCUT2D eigenvalue weighted by Gasteiger charge is 2.06. The summed E-state index contributed by atoms with van der Waals surface area (Å²) in [5.74, 6) is 0.538. The van der Waals surface area contributed by atoms with Crippen molar-refractivity contribution in [2.75, 3.05) is 0 Å². The van der Waals surface area contributed by atoms with E-state index in [1.165, 1.54) is 12.3 Å². The highest BCUT2D eigenvalue weighted by molar-refractivity contribution is 5.53. The van der Waals surface area contributed by atoms with E-state index in [4.69, 9.17) is 4.42 Å². The maximum atomic E-state index is 13.2. The van der Waals surface area contributed by atoms with Crippen LogP contribution in [0.2, 0.25) is 0 Å². The van der Waals surface area contributed by atoms with Crippen LogP contribution < -0.4 is 0 Å². The smallest absolute Gasteiger partial charge is 0.225 e. The zero-order valence-corrected chi connectivity index (χ0v) is 8.06. The average molecular weight is 203 g/mol. The van der Waals surface area contributed by atoms with Crippen molar-refractivity contribution in [1.29, 1.82) is 0 Å². The lowest BCUT2D eigenvalue weighted by Crippen LogP contribution is -1.86. The topological polar surface area (TPSA) is 26.0 Å². The molecule has 1 unspecified atom stereocenters. The second kappa shape index (κ2) is 4.09. The van der Waals surface area contributed by atoms with E-state index in [0.29, 0.717) is 11.5 Å². The van der Waals surface area contributed by atoms with Crippen molar-refractivity contribution in [3.8, 4) is 11.5 Å². The number of benzene rings is 1. The summed E-state index contributed by atoms with van der Waals surface area (Å²) in [4.78, 5) is 4.00. The van der Waals surface area contributed by atoms with Crippen LogP contribution in [0.3, 0.4) is 0 Å². The Kier molecular flexibility index (Phi) is 2.63. The van der Waals surface area contributed by atoms with Gasteiger partial charge in [0.05, 0.1) is 6.20 Å². The molecule has 2 nitrogen and oxygen atoms in total. The van der Waals surface area contributed by atoms with Gasteiger partial charge in [-0.2, -0.15) is 0 Å². The SMILES string of the molecule is C=CC(F)c1ccc(-c2ncco2)cc1. The first-order valence-electron chi connectivity index (χ1n) is 4.57. The Labute approximate surface area is 87.1 Å². The molecule has 1 aromatic carbocycles. The Morgan fingerprint density at radius 3 is 2.60 bits per heavy atom. The number of alkyl halides is 1. The number of hydrogen-bond donors (Lipinski definition) is 0. The molecule has 0 bridgehead atoms. The van der Waals surface area contributed by atoms with Gasteiger partial charge in [-0.3, -0.25) is 0 Å². The monoisotopic (exact) mass is 203 g/mol. The molecule has 0 radical (unpaired) electrons.